The summed E-state index contributed by atoms with van der Waals surface area (Å²) in [4.78, 5) is 21.7. The molecule has 2 aliphatic rings. The van der Waals surface area contributed by atoms with E-state index in [1.165, 1.54) is 11.9 Å². The number of nitrogens with two attached hydrogens (primary N) is 1. The summed E-state index contributed by atoms with van der Waals surface area (Å²) in [6.07, 6.45) is 3.33. The minimum absolute atomic E-state index is 0.295. The number of rotatable bonds is 6. The summed E-state index contributed by atoms with van der Waals surface area (Å²) >= 11 is 0. The summed E-state index contributed by atoms with van der Waals surface area (Å²) in [6, 6.07) is 10.1. The zero-order chi connectivity index (χ0) is 20.2. The van der Waals surface area contributed by atoms with Crippen LogP contribution in [0, 0.1) is 0 Å². The number of aromatic nitrogens is 1. The maximum absolute atomic E-state index is 12.4. The molecule has 1 aromatic heterocycles. The SMILES string of the molecule is CN1CCN(c2ccc(Nc3nc(NCCN)cc4c3C(=O)[N]C=C4)cc2)CC1. The molecule has 4 N–H and O–H groups in total. The fraction of sp³-hybridized carbons (Fsp3) is 0.333. The van der Waals surface area contributed by atoms with Crippen molar-refractivity contribution in [2.24, 2.45) is 5.73 Å². The molecule has 0 bridgehead atoms. The van der Waals surface area contributed by atoms with Gasteiger partial charge in [-0.1, -0.05) is 0 Å². The van der Waals surface area contributed by atoms with Crippen molar-refractivity contribution in [3.05, 3.63) is 47.7 Å². The fourth-order valence-electron chi connectivity index (χ4n) is 3.51. The van der Waals surface area contributed by atoms with Crippen molar-refractivity contribution in [2.75, 3.05) is 61.8 Å². The fourth-order valence-corrected chi connectivity index (χ4v) is 3.51. The van der Waals surface area contributed by atoms with Crippen LogP contribution >= 0.6 is 0 Å². The van der Waals surface area contributed by atoms with E-state index in [1.54, 1.807) is 0 Å². The average Bonchev–Trinajstić information content (AvgIpc) is 2.73. The first-order chi connectivity index (χ1) is 14.1. The second-order valence-corrected chi connectivity index (χ2v) is 7.25. The average molecular weight is 392 g/mol. The van der Waals surface area contributed by atoms with E-state index in [9.17, 15) is 4.79 Å². The first-order valence-corrected chi connectivity index (χ1v) is 9.85. The lowest BCUT2D eigenvalue weighted by Gasteiger charge is -2.34. The third-order valence-corrected chi connectivity index (χ3v) is 5.16. The summed E-state index contributed by atoms with van der Waals surface area (Å²) < 4.78 is 0. The Morgan fingerprint density at radius 2 is 1.90 bits per heavy atom. The second-order valence-electron chi connectivity index (χ2n) is 7.25. The summed E-state index contributed by atoms with van der Waals surface area (Å²) in [5, 5.41) is 10.4. The molecule has 0 unspecified atom stereocenters. The highest BCUT2D eigenvalue weighted by Gasteiger charge is 2.22. The van der Waals surface area contributed by atoms with Crippen LogP contribution < -0.4 is 26.6 Å². The Balaban J connectivity index is 1.56. The number of carbonyl (C=O) groups is 1. The molecule has 0 spiro atoms. The van der Waals surface area contributed by atoms with E-state index in [1.807, 2.05) is 24.3 Å². The molecule has 8 heteroatoms. The van der Waals surface area contributed by atoms with Gasteiger partial charge in [0.2, 0.25) is 0 Å². The maximum atomic E-state index is 12.4. The van der Waals surface area contributed by atoms with E-state index in [2.05, 4.69) is 49.9 Å². The summed E-state index contributed by atoms with van der Waals surface area (Å²) in [7, 11) is 2.15. The lowest BCUT2D eigenvalue weighted by molar-refractivity contribution is 0.0965. The van der Waals surface area contributed by atoms with E-state index >= 15 is 0 Å². The summed E-state index contributed by atoms with van der Waals surface area (Å²) in [6.45, 7) is 5.28. The predicted octanol–water partition coefficient (Wildman–Crippen LogP) is 1.68. The molecule has 0 atom stereocenters. The van der Waals surface area contributed by atoms with Gasteiger partial charge in [-0.05, 0) is 49.0 Å². The van der Waals surface area contributed by atoms with Gasteiger partial charge in [-0.3, -0.25) is 4.79 Å². The molecule has 4 rings (SSSR count). The van der Waals surface area contributed by atoms with Crippen LogP contribution in [0.15, 0.2) is 36.5 Å². The molecule has 1 saturated heterocycles. The van der Waals surface area contributed by atoms with E-state index in [4.69, 9.17) is 5.73 Å². The molecule has 29 heavy (non-hydrogen) atoms. The Kier molecular flexibility index (Phi) is 5.64. The number of amides is 1. The molecule has 2 aliphatic heterocycles. The molecule has 1 amide bonds. The number of nitrogens with one attached hydrogen (secondary N) is 2. The standard InChI is InChI=1S/C21H26N7O/c1-27-10-12-28(13-11-27)17-4-2-16(3-5-17)25-20-19-15(6-8-24-21(19)29)14-18(26-20)23-9-7-22/h2-6,8,14H,7,9-13,22H2,1H3,(H2,23,25,26). The number of anilines is 4. The van der Waals surface area contributed by atoms with Crippen LogP contribution in [-0.4, -0.2) is 62.1 Å². The summed E-state index contributed by atoms with van der Waals surface area (Å²) in [5.74, 6) is 0.870. The number of hydrogen-bond donors (Lipinski definition) is 3. The van der Waals surface area contributed by atoms with Gasteiger partial charge in [0.05, 0.1) is 5.56 Å². The van der Waals surface area contributed by atoms with Crippen LogP contribution in [0.4, 0.5) is 23.0 Å². The number of nitrogens with zero attached hydrogens (tertiary/aromatic N) is 4. The van der Waals surface area contributed by atoms with Crippen molar-refractivity contribution in [3.63, 3.8) is 0 Å². The number of fused-ring (bicyclic) bond motifs is 1. The lowest BCUT2D eigenvalue weighted by Crippen LogP contribution is -2.44. The largest absolute Gasteiger partial charge is 0.369 e. The number of likely N-dealkylation sites (N-methyl/N-ethyl adjacent to an activating group) is 1. The molecule has 1 fully saturated rings. The molecule has 8 nitrogen and oxygen atoms in total. The van der Waals surface area contributed by atoms with E-state index in [0.717, 1.165) is 37.4 Å². The first kappa shape index (κ1) is 19.2. The summed E-state index contributed by atoms with van der Waals surface area (Å²) in [5.41, 5.74) is 8.93. The minimum atomic E-state index is -0.295. The molecule has 3 heterocycles. The van der Waals surface area contributed by atoms with Crippen LogP contribution in [0.2, 0.25) is 0 Å². The van der Waals surface area contributed by atoms with Crippen molar-refractivity contribution in [1.29, 1.82) is 0 Å². The van der Waals surface area contributed by atoms with Gasteiger partial charge in [0.1, 0.15) is 11.6 Å². The highest BCUT2D eigenvalue weighted by molar-refractivity contribution is 6.05. The normalized spacial score (nSPS) is 16.3. The van der Waals surface area contributed by atoms with Crippen molar-refractivity contribution >= 4 is 35.0 Å². The van der Waals surface area contributed by atoms with Crippen molar-refractivity contribution < 1.29 is 4.79 Å². The number of carbonyl (C=O) groups excluding carboxylic acids is 1. The molecular formula is C21H26N7O. The van der Waals surface area contributed by atoms with Crippen LogP contribution in [0.25, 0.3) is 6.08 Å². The van der Waals surface area contributed by atoms with Crippen molar-refractivity contribution in [2.45, 2.75) is 0 Å². The third-order valence-electron chi connectivity index (χ3n) is 5.16. The molecule has 0 saturated carbocycles. The third kappa shape index (κ3) is 4.33. The second kappa shape index (κ2) is 8.50. The quantitative estimate of drug-likeness (QED) is 0.688. The van der Waals surface area contributed by atoms with Crippen molar-refractivity contribution in [1.82, 2.24) is 15.2 Å². The van der Waals surface area contributed by atoms with E-state index < -0.39 is 0 Å². The van der Waals surface area contributed by atoms with Gasteiger partial charge in [0.25, 0.3) is 5.91 Å². The van der Waals surface area contributed by atoms with Crippen LogP contribution in [0.5, 0.6) is 0 Å². The lowest BCUT2D eigenvalue weighted by atomic mass is 10.1. The minimum Gasteiger partial charge on any atom is -0.369 e. The molecule has 2 aromatic rings. The Morgan fingerprint density at radius 1 is 1.14 bits per heavy atom. The number of hydrogen-bond acceptors (Lipinski definition) is 7. The Bertz CT molecular complexity index is 902. The topological polar surface area (TPSA) is 101 Å². The van der Waals surface area contributed by atoms with E-state index in [-0.39, 0.29) is 5.91 Å². The predicted molar refractivity (Wildman–Crippen MR) is 117 cm³/mol. The molecular weight excluding hydrogens is 366 g/mol. The monoisotopic (exact) mass is 392 g/mol. The number of pyridine rings is 1. The Morgan fingerprint density at radius 3 is 2.62 bits per heavy atom. The number of benzene rings is 1. The van der Waals surface area contributed by atoms with Gasteiger partial charge < -0.3 is 26.2 Å². The van der Waals surface area contributed by atoms with Gasteiger partial charge in [-0.25, -0.2) is 10.3 Å². The zero-order valence-corrected chi connectivity index (χ0v) is 16.6. The van der Waals surface area contributed by atoms with Crippen LogP contribution in [0.3, 0.4) is 0 Å². The van der Waals surface area contributed by atoms with Gasteiger partial charge >= 0.3 is 0 Å². The Labute approximate surface area is 170 Å². The van der Waals surface area contributed by atoms with Gasteiger partial charge in [-0.15, -0.1) is 0 Å². The zero-order valence-electron chi connectivity index (χ0n) is 16.6. The van der Waals surface area contributed by atoms with Crippen LogP contribution in [0.1, 0.15) is 15.9 Å². The van der Waals surface area contributed by atoms with Gasteiger partial charge in [0.15, 0.2) is 0 Å². The van der Waals surface area contributed by atoms with Crippen LogP contribution in [-0.2, 0) is 0 Å². The van der Waals surface area contributed by atoms with Crippen molar-refractivity contribution in [3.8, 4) is 0 Å². The smallest absolute Gasteiger partial charge is 0.281 e. The number of piperazine rings is 1. The Hall–Kier alpha value is -3.10. The molecule has 0 aliphatic carbocycles. The highest BCUT2D eigenvalue weighted by atomic mass is 16.1. The van der Waals surface area contributed by atoms with Gasteiger partial charge in [-0.2, -0.15) is 0 Å². The molecule has 1 aromatic carbocycles. The van der Waals surface area contributed by atoms with Gasteiger partial charge in [0, 0.05) is 56.8 Å². The van der Waals surface area contributed by atoms with E-state index in [0.29, 0.717) is 30.3 Å². The molecule has 1 radical (unpaired) electrons. The maximum Gasteiger partial charge on any atom is 0.281 e. The molecule has 151 valence electrons. The first-order valence-electron chi connectivity index (χ1n) is 9.85. The highest BCUT2D eigenvalue weighted by Crippen LogP contribution is 2.29.